The molecule has 148 valence electrons. The summed E-state index contributed by atoms with van der Waals surface area (Å²) in [5.74, 6) is 6.54. The highest BCUT2D eigenvalue weighted by atomic mass is 16.1. The summed E-state index contributed by atoms with van der Waals surface area (Å²) in [6.07, 6.45) is 4.73. The van der Waals surface area contributed by atoms with Crippen molar-refractivity contribution in [1.82, 2.24) is 0 Å². The second-order valence-electron chi connectivity index (χ2n) is 9.04. The van der Waals surface area contributed by atoms with Gasteiger partial charge in [0.25, 0.3) is 0 Å². The van der Waals surface area contributed by atoms with Gasteiger partial charge in [0.1, 0.15) is 13.0 Å². The van der Waals surface area contributed by atoms with Gasteiger partial charge in [0.15, 0.2) is 0 Å². The van der Waals surface area contributed by atoms with Crippen LogP contribution in [-0.4, -0.2) is 27.0 Å². The molecule has 0 saturated heterocycles. The van der Waals surface area contributed by atoms with E-state index in [9.17, 15) is 4.79 Å². The smallest absolute Gasteiger partial charge is 0.223 e. The minimum absolute atomic E-state index is 0.0425. The third-order valence-corrected chi connectivity index (χ3v) is 5.72. The van der Waals surface area contributed by atoms with Gasteiger partial charge in [-0.25, -0.2) is 0 Å². The third-order valence-electron chi connectivity index (χ3n) is 5.72. The summed E-state index contributed by atoms with van der Waals surface area (Å²) in [6, 6.07) is 14.7. The number of carbonyl (C=O) groups excluding carboxylic acids is 1. The summed E-state index contributed by atoms with van der Waals surface area (Å²) in [5, 5.41) is 0. The van der Waals surface area contributed by atoms with Crippen LogP contribution in [0.4, 0.5) is 0 Å². The molecule has 3 rings (SSSR count). The van der Waals surface area contributed by atoms with E-state index in [0.717, 1.165) is 18.2 Å². The maximum absolute atomic E-state index is 12.5. The van der Waals surface area contributed by atoms with Crippen molar-refractivity contribution in [3.05, 3.63) is 70.2 Å². The molecule has 4 heteroatoms. The van der Waals surface area contributed by atoms with Crippen LogP contribution < -0.4 is 5.46 Å². The van der Waals surface area contributed by atoms with E-state index in [2.05, 4.69) is 77.9 Å². The van der Waals surface area contributed by atoms with Crippen LogP contribution in [0, 0.1) is 11.8 Å². The molecule has 2 aromatic carbocycles. The largest absolute Gasteiger partial charge is 0.307 e. The van der Waals surface area contributed by atoms with Crippen LogP contribution in [0.15, 0.2) is 47.9 Å². The minimum Gasteiger partial charge on any atom is -0.307 e. The first-order valence-corrected chi connectivity index (χ1v) is 10.9. The van der Waals surface area contributed by atoms with Crippen molar-refractivity contribution in [3.63, 3.8) is 0 Å². The minimum atomic E-state index is 0.0425. The van der Waals surface area contributed by atoms with Crippen molar-refractivity contribution < 1.29 is 4.79 Å². The molecule has 0 aliphatic carbocycles. The van der Waals surface area contributed by atoms with Gasteiger partial charge in [-0.2, -0.15) is 0 Å². The van der Waals surface area contributed by atoms with E-state index < -0.39 is 0 Å². The lowest BCUT2D eigenvalue weighted by Crippen LogP contribution is -2.29. The summed E-state index contributed by atoms with van der Waals surface area (Å²) < 4.78 is 0. The molecular weight excluding hydrogens is 361 g/mol. The fraction of sp³-hybridized carbons (Fsp3) is 0.346. The molecule has 30 heavy (non-hydrogen) atoms. The van der Waals surface area contributed by atoms with Crippen molar-refractivity contribution in [1.29, 1.82) is 0 Å². The Balaban J connectivity index is 1.63. The standard InChI is InChI=1S/C26H29B3O/c1-6-29-23(17-21-16-19(18-27-5)9-14-24(21)29)8-7-15-28-25(30)20-10-12-22(13-11-20)26(2,3)4/h9-14,16-17H,6,15,18H2,1-5H3. The molecule has 2 radical (unpaired) electrons. The van der Waals surface area contributed by atoms with Crippen molar-refractivity contribution in [2.24, 2.45) is 0 Å². The van der Waals surface area contributed by atoms with Gasteiger partial charge in [0.2, 0.25) is 14.0 Å². The van der Waals surface area contributed by atoms with E-state index >= 15 is 0 Å². The van der Waals surface area contributed by atoms with Gasteiger partial charge in [0, 0.05) is 5.56 Å². The Kier molecular flexibility index (Phi) is 7.14. The Morgan fingerprint density at radius 1 is 1.10 bits per heavy atom. The highest BCUT2D eigenvalue weighted by Crippen LogP contribution is 2.23. The van der Waals surface area contributed by atoms with Gasteiger partial charge < -0.3 is 4.79 Å². The Labute approximate surface area is 184 Å². The van der Waals surface area contributed by atoms with Gasteiger partial charge >= 0.3 is 0 Å². The van der Waals surface area contributed by atoms with Crippen molar-refractivity contribution in [2.75, 3.05) is 0 Å². The lowest BCUT2D eigenvalue weighted by molar-refractivity contribution is 0.107. The quantitative estimate of drug-likeness (QED) is 0.509. The zero-order chi connectivity index (χ0) is 21.7. The highest BCUT2D eigenvalue weighted by Gasteiger charge is 2.26. The van der Waals surface area contributed by atoms with Gasteiger partial charge in [-0.3, -0.25) is 0 Å². The van der Waals surface area contributed by atoms with Gasteiger partial charge in [-0.15, -0.1) is 5.92 Å². The molecule has 0 unspecified atom stereocenters. The molecule has 0 amide bonds. The van der Waals surface area contributed by atoms with Crippen LogP contribution in [0.5, 0.6) is 0 Å². The summed E-state index contributed by atoms with van der Waals surface area (Å²) in [6.45, 7) is 11.2. The van der Waals surface area contributed by atoms with Crippen LogP contribution in [-0.2, 0) is 11.7 Å². The first-order chi connectivity index (χ1) is 14.3. The Hall–Kier alpha value is -2.40. The van der Waals surface area contributed by atoms with E-state index in [-0.39, 0.29) is 11.1 Å². The van der Waals surface area contributed by atoms with Gasteiger partial charge in [-0.05, 0) is 28.3 Å². The lowest BCUT2D eigenvalue weighted by Gasteiger charge is -2.18. The second-order valence-corrected chi connectivity index (χ2v) is 9.04. The third kappa shape index (κ3) is 5.20. The van der Waals surface area contributed by atoms with Crippen molar-refractivity contribution in [3.8, 4) is 11.8 Å². The SMILES string of the molecule is C[B]Cc1ccc2c(c1)C=C(C#CC[B]C(=O)c1ccc(C(C)(C)C)cc1)B2CC. The van der Waals surface area contributed by atoms with Crippen LogP contribution in [0.3, 0.4) is 0 Å². The van der Waals surface area contributed by atoms with Gasteiger partial charge in [-0.1, -0.05) is 113 Å². The van der Waals surface area contributed by atoms with Gasteiger partial charge in [0.05, 0.1) is 0 Å². The normalized spacial score (nSPS) is 12.6. The zero-order valence-corrected chi connectivity index (χ0v) is 18.9. The van der Waals surface area contributed by atoms with E-state index in [1.54, 1.807) is 7.28 Å². The first kappa shape index (κ1) is 22.3. The number of rotatable bonds is 6. The molecular formula is C26H29B3O. The molecule has 0 aromatic heterocycles. The second kappa shape index (κ2) is 9.61. The number of hydrogen-bond donors (Lipinski definition) is 0. The molecule has 2 aromatic rings. The topological polar surface area (TPSA) is 17.1 Å². The molecule has 0 fully saturated rings. The predicted molar refractivity (Wildman–Crippen MR) is 133 cm³/mol. The summed E-state index contributed by atoms with van der Waals surface area (Å²) >= 11 is 0. The number of fused-ring (bicyclic) bond motifs is 1. The van der Waals surface area contributed by atoms with Crippen LogP contribution >= 0.6 is 0 Å². The van der Waals surface area contributed by atoms with E-state index in [1.807, 2.05) is 24.3 Å². The molecule has 0 bridgehead atoms. The zero-order valence-electron chi connectivity index (χ0n) is 18.9. The Morgan fingerprint density at radius 2 is 1.83 bits per heavy atom. The summed E-state index contributed by atoms with van der Waals surface area (Å²) in [4.78, 5) is 12.5. The fourth-order valence-electron chi connectivity index (χ4n) is 3.98. The molecule has 1 heterocycles. The Bertz CT molecular complexity index is 1000. The average molecular weight is 390 g/mol. The van der Waals surface area contributed by atoms with Crippen molar-refractivity contribution >= 4 is 38.5 Å². The monoisotopic (exact) mass is 390 g/mol. The lowest BCUT2D eigenvalue weighted by atomic mass is 9.40. The van der Waals surface area contributed by atoms with E-state index in [0.29, 0.717) is 13.0 Å². The number of benzene rings is 2. The number of allylic oxidation sites excluding steroid dienone is 1. The van der Waals surface area contributed by atoms with Crippen LogP contribution in [0.1, 0.15) is 54.7 Å². The molecule has 0 saturated carbocycles. The van der Waals surface area contributed by atoms with Crippen LogP contribution in [0.25, 0.3) is 6.08 Å². The maximum atomic E-state index is 12.5. The summed E-state index contributed by atoms with van der Waals surface area (Å²) in [5.41, 5.74) is 7.27. The molecule has 1 aliphatic rings. The molecule has 1 nitrogen and oxygen atoms in total. The average Bonchev–Trinajstić information content (AvgIpc) is 3.07. The highest BCUT2D eigenvalue weighted by molar-refractivity contribution is 6.83. The van der Waals surface area contributed by atoms with E-state index in [1.165, 1.54) is 27.6 Å². The molecule has 0 N–H and O–H groups in total. The predicted octanol–water partition coefficient (Wildman–Crippen LogP) is 4.86. The summed E-state index contributed by atoms with van der Waals surface area (Å²) in [7, 11) is 3.87. The first-order valence-electron chi connectivity index (χ1n) is 10.9. The van der Waals surface area contributed by atoms with E-state index in [4.69, 9.17) is 0 Å². The fourth-order valence-corrected chi connectivity index (χ4v) is 3.98. The molecule has 1 aliphatic heterocycles. The molecule has 0 spiro atoms. The number of hydrogen-bond acceptors (Lipinski definition) is 1. The Morgan fingerprint density at radius 3 is 2.47 bits per heavy atom. The number of carbonyl (C=O) groups is 1. The van der Waals surface area contributed by atoms with Crippen LogP contribution in [0.2, 0.25) is 19.5 Å². The van der Waals surface area contributed by atoms with Crippen molar-refractivity contribution in [2.45, 2.75) is 58.9 Å². The maximum Gasteiger partial charge on any atom is 0.223 e. The molecule has 0 atom stereocenters.